The van der Waals surface area contributed by atoms with Crippen molar-refractivity contribution in [3.8, 4) is 0 Å². The van der Waals surface area contributed by atoms with Crippen LogP contribution in [-0.2, 0) is 17.5 Å². The molecular formula is C21H22F3N3O. The Hall–Kier alpha value is -2.83. The van der Waals surface area contributed by atoms with Gasteiger partial charge in [0, 0.05) is 31.9 Å². The first kappa shape index (κ1) is 19.9. The van der Waals surface area contributed by atoms with Gasteiger partial charge in [0.2, 0.25) is 5.91 Å². The Kier molecular flexibility index (Phi) is 6.34. The molecule has 0 atom stereocenters. The maximum atomic E-state index is 12.7. The van der Waals surface area contributed by atoms with Crippen LogP contribution >= 0.6 is 0 Å². The van der Waals surface area contributed by atoms with Crippen molar-refractivity contribution in [2.24, 2.45) is 0 Å². The predicted octanol–water partition coefficient (Wildman–Crippen LogP) is 4.42. The molecule has 0 spiro atoms. The third kappa shape index (κ3) is 5.58. The quantitative estimate of drug-likeness (QED) is 0.770. The zero-order valence-corrected chi connectivity index (χ0v) is 15.4. The average molecular weight is 389 g/mol. The lowest BCUT2D eigenvalue weighted by Gasteiger charge is -2.27. The van der Waals surface area contributed by atoms with Gasteiger partial charge in [-0.25, -0.2) is 4.98 Å². The van der Waals surface area contributed by atoms with Crippen LogP contribution in [0.5, 0.6) is 0 Å². The molecule has 1 aromatic heterocycles. The zero-order chi connectivity index (χ0) is 20.0. The van der Waals surface area contributed by atoms with Crippen molar-refractivity contribution in [1.29, 1.82) is 0 Å². The van der Waals surface area contributed by atoms with E-state index in [4.69, 9.17) is 0 Å². The summed E-state index contributed by atoms with van der Waals surface area (Å²) in [6, 6.07) is 8.71. The second kappa shape index (κ2) is 8.91. The Labute approximate surface area is 162 Å². The number of nitrogens with zero attached hydrogens (tertiary/aromatic N) is 2. The van der Waals surface area contributed by atoms with Gasteiger partial charge in [-0.3, -0.25) is 4.79 Å². The third-order valence-corrected chi connectivity index (χ3v) is 4.60. The third-order valence-electron chi connectivity index (χ3n) is 4.60. The van der Waals surface area contributed by atoms with E-state index in [1.165, 1.54) is 43.5 Å². The maximum absolute atomic E-state index is 12.7. The lowest BCUT2D eigenvalue weighted by Crippen LogP contribution is -2.30. The molecule has 0 aliphatic carbocycles. The molecule has 1 aliphatic heterocycles. The van der Waals surface area contributed by atoms with Crippen molar-refractivity contribution in [2.45, 2.75) is 32.0 Å². The van der Waals surface area contributed by atoms with E-state index in [2.05, 4.69) is 15.2 Å². The minimum Gasteiger partial charge on any atom is -0.357 e. The summed E-state index contributed by atoms with van der Waals surface area (Å²) in [4.78, 5) is 18.6. The summed E-state index contributed by atoms with van der Waals surface area (Å²) in [5.74, 6) is 0.566. The highest BCUT2D eigenvalue weighted by molar-refractivity contribution is 5.91. The van der Waals surface area contributed by atoms with Crippen LogP contribution in [0.2, 0.25) is 0 Å². The lowest BCUT2D eigenvalue weighted by atomic mass is 10.1. The SMILES string of the molecule is O=C(/C=C/c1cccc(C(F)(F)F)c1)NCc1ccc(N2CCCCC2)nc1. The van der Waals surface area contributed by atoms with Crippen molar-refractivity contribution < 1.29 is 18.0 Å². The number of amides is 1. The number of rotatable bonds is 5. The fourth-order valence-electron chi connectivity index (χ4n) is 3.07. The van der Waals surface area contributed by atoms with Crippen LogP contribution in [0, 0.1) is 0 Å². The van der Waals surface area contributed by atoms with E-state index in [-0.39, 0.29) is 5.91 Å². The molecule has 1 aromatic carbocycles. The van der Waals surface area contributed by atoms with Gasteiger partial charge in [0.1, 0.15) is 5.82 Å². The van der Waals surface area contributed by atoms with E-state index in [0.29, 0.717) is 12.1 Å². The van der Waals surface area contributed by atoms with Crippen LogP contribution in [0.4, 0.5) is 19.0 Å². The predicted molar refractivity (Wildman–Crippen MR) is 103 cm³/mol. The molecule has 1 amide bonds. The van der Waals surface area contributed by atoms with Crippen LogP contribution in [0.1, 0.15) is 36.0 Å². The van der Waals surface area contributed by atoms with E-state index in [1.54, 1.807) is 6.20 Å². The summed E-state index contributed by atoms with van der Waals surface area (Å²) < 4.78 is 38.1. The number of piperidine rings is 1. The smallest absolute Gasteiger partial charge is 0.357 e. The fraction of sp³-hybridized carbons (Fsp3) is 0.333. The van der Waals surface area contributed by atoms with Gasteiger partial charge in [-0.2, -0.15) is 13.2 Å². The molecule has 0 unspecified atom stereocenters. The van der Waals surface area contributed by atoms with Crippen LogP contribution in [0.15, 0.2) is 48.7 Å². The minimum absolute atomic E-state index is 0.305. The molecule has 2 aromatic rings. The standard InChI is InChI=1S/C21H22F3N3O/c22-21(23,24)18-6-4-5-16(13-18)8-10-20(28)26-15-17-7-9-19(25-14-17)27-11-2-1-3-12-27/h4-10,13-14H,1-3,11-12,15H2,(H,26,28)/b10-8+. The van der Waals surface area contributed by atoms with E-state index < -0.39 is 11.7 Å². The molecule has 148 valence electrons. The highest BCUT2D eigenvalue weighted by atomic mass is 19.4. The number of carbonyl (C=O) groups excluding carboxylic acids is 1. The van der Waals surface area contributed by atoms with Crippen molar-refractivity contribution in [1.82, 2.24) is 10.3 Å². The number of benzene rings is 1. The van der Waals surface area contributed by atoms with E-state index >= 15 is 0 Å². The summed E-state index contributed by atoms with van der Waals surface area (Å²) in [7, 11) is 0. The number of hydrogen-bond acceptors (Lipinski definition) is 3. The van der Waals surface area contributed by atoms with Crippen molar-refractivity contribution in [3.63, 3.8) is 0 Å². The number of hydrogen-bond donors (Lipinski definition) is 1. The number of pyridine rings is 1. The molecule has 7 heteroatoms. The molecular weight excluding hydrogens is 367 g/mol. The highest BCUT2D eigenvalue weighted by Crippen LogP contribution is 2.29. The molecule has 1 saturated heterocycles. The van der Waals surface area contributed by atoms with Gasteiger partial charge in [-0.15, -0.1) is 0 Å². The first-order valence-corrected chi connectivity index (χ1v) is 9.25. The summed E-state index contributed by atoms with van der Waals surface area (Å²) in [5, 5.41) is 2.71. The van der Waals surface area contributed by atoms with Crippen LogP contribution < -0.4 is 10.2 Å². The summed E-state index contributed by atoms with van der Waals surface area (Å²) >= 11 is 0. The fourth-order valence-corrected chi connectivity index (χ4v) is 3.07. The molecule has 3 rings (SSSR count). The van der Waals surface area contributed by atoms with Crippen molar-refractivity contribution in [2.75, 3.05) is 18.0 Å². The highest BCUT2D eigenvalue weighted by Gasteiger charge is 2.30. The van der Waals surface area contributed by atoms with Gasteiger partial charge in [-0.1, -0.05) is 18.2 Å². The molecule has 2 heterocycles. The second-order valence-corrected chi connectivity index (χ2v) is 6.75. The number of carbonyl (C=O) groups is 1. The van der Waals surface area contributed by atoms with Gasteiger partial charge >= 0.3 is 6.18 Å². The second-order valence-electron chi connectivity index (χ2n) is 6.75. The van der Waals surface area contributed by atoms with E-state index in [9.17, 15) is 18.0 Å². The zero-order valence-electron chi connectivity index (χ0n) is 15.4. The molecule has 4 nitrogen and oxygen atoms in total. The summed E-state index contributed by atoms with van der Waals surface area (Å²) in [5.41, 5.74) is 0.439. The Balaban J connectivity index is 1.52. The van der Waals surface area contributed by atoms with Crippen LogP contribution in [0.3, 0.4) is 0 Å². The minimum atomic E-state index is -4.40. The molecule has 1 N–H and O–H groups in total. The van der Waals surface area contributed by atoms with Crippen LogP contribution in [-0.4, -0.2) is 24.0 Å². The maximum Gasteiger partial charge on any atom is 0.416 e. The monoisotopic (exact) mass is 389 g/mol. The lowest BCUT2D eigenvalue weighted by molar-refractivity contribution is -0.137. The number of halogens is 3. The number of nitrogens with one attached hydrogen (secondary N) is 1. The van der Waals surface area contributed by atoms with Gasteiger partial charge in [-0.05, 0) is 54.7 Å². The van der Waals surface area contributed by atoms with E-state index in [1.807, 2.05) is 12.1 Å². The number of aromatic nitrogens is 1. The molecule has 0 radical (unpaired) electrons. The van der Waals surface area contributed by atoms with Crippen molar-refractivity contribution in [3.05, 3.63) is 65.4 Å². The Morgan fingerprint density at radius 1 is 1.14 bits per heavy atom. The Morgan fingerprint density at radius 2 is 1.93 bits per heavy atom. The summed E-state index contributed by atoms with van der Waals surface area (Å²) in [6.07, 6.45) is 3.54. The summed E-state index contributed by atoms with van der Waals surface area (Å²) in [6.45, 7) is 2.34. The largest absolute Gasteiger partial charge is 0.416 e. The average Bonchev–Trinajstić information content (AvgIpc) is 2.71. The number of anilines is 1. The normalized spacial score (nSPS) is 15.0. The molecule has 0 saturated carbocycles. The Morgan fingerprint density at radius 3 is 2.61 bits per heavy atom. The molecule has 1 fully saturated rings. The van der Waals surface area contributed by atoms with Gasteiger partial charge in [0.05, 0.1) is 5.56 Å². The van der Waals surface area contributed by atoms with Gasteiger partial charge in [0.25, 0.3) is 0 Å². The molecule has 0 bridgehead atoms. The topological polar surface area (TPSA) is 45.2 Å². The van der Waals surface area contributed by atoms with Gasteiger partial charge < -0.3 is 10.2 Å². The molecule has 28 heavy (non-hydrogen) atoms. The van der Waals surface area contributed by atoms with E-state index in [0.717, 1.165) is 36.6 Å². The Bertz CT molecular complexity index is 826. The van der Waals surface area contributed by atoms with Gasteiger partial charge in [0.15, 0.2) is 0 Å². The van der Waals surface area contributed by atoms with Crippen LogP contribution in [0.25, 0.3) is 6.08 Å². The van der Waals surface area contributed by atoms with Crippen molar-refractivity contribution >= 4 is 17.8 Å². The first-order valence-electron chi connectivity index (χ1n) is 9.25. The number of alkyl halides is 3. The molecule has 1 aliphatic rings. The first-order chi connectivity index (χ1) is 13.4.